The van der Waals surface area contributed by atoms with Gasteiger partial charge in [-0.1, -0.05) is 39.0 Å². The van der Waals surface area contributed by atoms with Crippen molar-refractivity contribution < 1.29 is 9.69 Å². The number of hydrogen-bond acceptors (Lipinski definition) is 1. The lowest BCUT2D eigenvalue weighted by Crippen LogP contribution is -3.10. The highest BCUT2D eigenvalue weighted by molar-refractivity contribution is 5.87. The van der Waals surface area contributed by atoms with Gasteiger partial charge in [0.25, 0.3) is 0 Å². The van der Waals surface area contributed by atoms with Gasteiger partial charge in [-0.05, 0) is 29.4 Å². The highest BCUT2D eigenvalue weighted by Gasteiger charge is 2.23. The highest BCUT2D eigenvalue weighted by Crippen LogP contribution is 2.34. The minimum absolute atomic E-state index is 0.184. The number of H-pyrrole nitrogens is 1. The monoisotopic (exact) mass is 356 g/mol. The summed E-state index contributed by atoms with van der Waals surface area (Å²) in [5, 5.41) is 4.43. The van der Waals surface area contributed by atoms with E-state index in [0.29, 0.717) is 12.3 Å². The molecule has 1 aromatic heterocycles. The van der Waals surface area contributed by atoms with Crippen LogP contribution in [0, 0.1) is 5.92 Å². The van der Waals surface area contributed by atoms with E-state index in [2.05, 4.69) is 55.5 Å². The second-order valence-electron chi connectivity index (χ2n) is 8.05. The Kier molecular flexibility index (Phi) is 6.36. The van der Waals surface area contributed by atoms with Crippen LogP contribution < -0.4 is 10.2 Å². The Morgan fingerprint density at radius 2 is 2.04 bits per heavy atom. The number of hydrogen-bond donors (Lipinski definition) is 3. The summed E-state index contributed by atoms with van der Waals surface area (Å²) in [6, 6.07) is 6.50. The van der Waals surface area contributed by atoms with Crippen LogP contribution in [0.25, 0.3) is 10.9 Å². The van der Waals surface area contributed by atoms with Crippen molar-refractivity contribution in [3.63, 3.8) is 0 Å². The maximum Gasteiger partial charge on any atom is 0.220 e. The van der Waals surface area contributed by atoms with Gasteiger partial charge in [-0.2, -0.15) is 0 Å². The van der Waals surface area contributed by atoms with Gasteiger partial charge in [0.1, 0.15) is 0 Å². The number of aromatic amines is 1. The van der Waals surface area contributed by atoms with Crippen molar-refractivity contribution >= 4 is 16.8 Å². The van der Waals surface area contributed by atoms with Crippen LogP contribution in [0.1, 0.15) is 57.1 Å². The zero-order chi connectivity index (χ0) is 18.5. The van der Waals surface area contributed by atoms with E-state index in [9.17, 15) is 4.79 Å². The van der Waals surface area contributed by atoms with E-state index in [0.717, 1.165) is 19.5 Å². The summed E-state index contributed by atoms with van der Waals surface area (Å²) in [6.07, 6.45) is 6.37. The molecule has 1 saturated heterocycles. The molecule has 1 aromatic carbocycles. The van der Waals surface area contributed by atoms with Gasteiger partial charge in [-0.3, -0.25) is 4.79 Å². The zero-order valence-electron chi connectivity index (χ0n) is 16.5. The number of fused-ring (bicyclic) bond motifs is 1. The Labute approximate surface area is 157 Å². The van der Waals surface area contributed by atoms with Crippen molar-refractivity contribution in [2.45, 2.75) is 52.4 Å². The summed E-state index contributed by atoms with van der Waals surface area (Å²) in [7, 11) is 0. The summed E-state index contributed by atoms with van der Waals surface area (Å²) < 4.78 is 0. The number of aromatic nitrogens is 1. The number of benzene rings is 1. The standard InChI is InChI=1S/C22H33N3O/c1-4-17-8-7-9-18-20(15-24-22(17)18)19(16(2)3)14-21(26)23-10-13-25-11-5-6-12-25/h7-9,15-16,19,24H,4-6,10-14H2,1-3H3,(H,23,26)/p+1/t19-/m1/s1. The summed E-state index contributed by atoms with van der Waals surface area (Å²) in [4.78, 5) is 17.7. The molecule has 1 atom stereocenters. The van der Waals surface area contributed by atoms with Gasteiger partial charge in [0.15, 0.2) is 0 Å². The SMILES string of the molecule is CCc1cccc2c([C@H](CC(=O)NCC[NH+]3CCCC3)C(C)C)c[nH]c12. The van der Waals surface area contributed by atoms with Crippen molar-refractivity contribution in [3.8, 4) is 0 Å². The van der Waals surface area contributed by atoms with Crippen LogP contribution in [-0.2, 0) is 11.2 Å². The molecule has 2 aromatic rings. The fraction of sp³-hybridized carbons (Fsp3) is 0.591. The zero-order valence-corrected chi connectivity index (χ0v) is 16.5. The predicted octanol–water partition coefficient (Wildman–Crippen LogP) is 2.65. The molecule has 0 saturated carbocycles. The lowest BCUT2D eigenvalue weighted by Gasteiger charge is -2.21. The molecule has 4 nitrogen and oxygen atoms in total. The number of carbonyl (C=O) groups excluding carboxylic acids is 1. The molecule has 142 valence electrons. The van der Waals surface area contributed by atoms with Crippen molar-refractivity contribution in [1.82, 2.24) is 10.3 Å². The minimum Gasteiger partial charge on any atom is -0.361 e. The molecule has 3 rings (SSSR count). The fourth-order valence-electron chi connectivity index (χ4n) is 4.32. The van der Waals surface area contributed by atoms with Gasteiger partial charge >= 0.3 is 0 Å². The quantitative estimate of drug-likeness (QED) is 0.669. The normalized spacial score (nSPS) is 16.5. The highest BCUT2D eigenvalue weighted by atomic mass is 16.1. The molecule has 2 heterocycles. The first-order valence-corrected chi connectivity index (χ1v) is 10.3. The fourth-order valence-corrected chi connectivity index (χ4v) is 4.32. The smallest absolute Gasteiger partial charge is 0.220 e. The van der Waals surface area contributed by atoms with E-state index in [1.54, 1.807) is 4.90 Å². The summed E-state index contributed by atoms with van der Waals surface area (Å²) in [5.74, 6) is 0.854. The Hall–Kier alpha value is -1.81. The van der Waals surface area contributed by atoms with Crippen LogP contribution in [0.3, 0.4) is 0 Å². The number of rotatable bonds is 8. The predicted molar refractivity (Wildman–Crippen MR) is 108 cm³/mol. The number of quaternary nitrogens is 1. The number of aryl methyl sites for hydroxylation is 1. The lowest BCUT2D eigenvalue weighted by molar-refractivity contribution is -0.886. The number of para-hydroxylation sites is 1. The molecule has 0 radical (unpaired) electrons. The van der Waals surface area contributed by atoms with Crippen LogP contribution in [-0.4, -0.2) is 37.1 Å². The Bertz CT molecular complexity index is 728. The maximum absolute atomic E-state index is 12.6. The molecular formula is C22H34N3O+. The summed E-state index contributed by atoms with van der Waals surface area (Å²) in [5.41, 5.74) is 3.86. The third-order valence-corrected chi connectivity index (χ3v) is 5.94. The average molecular weight is 357 g/mol. The van der Waals surface area contributed by atoms with Crippen molar-refractivity contribution in [2.24, 2.45) is 5.92 Å². The number of nitrogens with one attached hydrogen (secondary N) is 3. The molecule has 1 amide bonds. The van der Waals surface area contributed by atoms with Crippen molar-refractivity contribution in [3.05, 3.63) is 35.5 Å². The largest absolute Gasteiger partial charge is 0.361 e. The van der Waals surface area contributed by atoms with Gasteiger partial charge in [-0.15, -0.1) is 0 Å². The Morgan fingerprint density at radius 1 is 1.27 bits per heavy atom. The molecule has 4 heteroatoms. The molecule has 0 aliphatic carbocycles. The van der Waals surface area contributed by atoms with E-state index in [-0.39, 0.29) is 11.8 Å². The first-order valence-electron chi connectivity index (χ1n) is 10.3. The number of carbonyl (C=O) groups is 1. The third kappa shape index (κ3) is 4.29. The van der Waals surface area contributed by atoms with E-state index < -0.39 is 0 Å². The lowest BCUT2D eigenvalue weighted by atomic mass is 9.85. The van der Waals surface area contributed by atoms with Crippen molar-refractivity contribution in [2.75, 3.05) is 26.2 Å². The maximum atomic E-state index is 12.6. The third-order valence-electron chi connectivity index (χ3n) is 5.94. The van der Waals surface area contributed by atoms with Gasteiger partial charge < -0.3 is 15.2 Å². The van der Waals surface area contributed by atoms with E-state index >= 15 is 0 Å². The first-order chi connectivity index (χ1) is 12.6. The molecule has 1 aliphatic rings. The number of likely N-dealkylation sites (tertiary alicyclic amines) is 1. The molecule has 1 fully saturated rings. The van der Waals surface area contributed by atoms with Crippen LogP contribution in [0.2, 0.25) is 0 Å². The second-order valence-corrected chi connectivity index (χ2v) is 8.05. The molecular weight excluding hydrogens is 322 g/mol. The minimum atomic E-state index is 0.184. The molecule has 1 aliphatic heterocycles. The van der Waals surface area contributed by atoms with Crippen LogP contribution in [0.4, 0.5) is 0 Å². The van der Waals surface area contributed by atoms with Crippen molar-refractivity contribution in [1.29, 1.82) is 0 Å². The topological polar surface area (TPSA) is 49.3 Å². The van der Waals surface area contributed by atoms with E-state index in [4.69, 9.17) is 0 Å². The summed E-state index contributed by atoms with van der Waals surface area (Å²) in [6.45, 7) is 11.0. The number of amides is 1. The van der Waals surface area contributed by atoms with E-state index in [1.165, 1.54) is 48.0 Å². The van der Waals surface area contributed by atoms with Gasteiger partial charge in [0.05, 0.1) is 26.2 Å². The molecule has 26 heavy (non-hydrogen) atoms. The van der Waals surface area contributed by atoms with Gasteiger partial charge in [-0.25, -0.2) is 0 Å². The molecule has 0 bridgehead atoms. The first kappa shape index (κ1) is 19.0. The van der Waals surface area contributed by atoms with E-state index in [1.807, 2.05) is 0 Å². The van der Waals surface area contributed by atoms with Crippen LogP contribution in [0.5, 0.6) is 0 Å². The van der Waals surface area contributed by atoms with Crippen LogP contribution >= 0.6 is 0 Å². The molecule has 0 unspecified atom stereocenters. The Morgan fingerprint density at radius 3 is 2.73 bits per heavy atom. The molecule has 3 N–H and O–H groups in total. The molecule has 0 spiro atoms. The summed E-state index contributed by atoms with van der Waals surface area (Å²) >= 11 is 0. The Balaban J connectivity index is 1.66. The van der Waals surface area contributed by atoms with Gasteiger partial charge in [0, 0.05) is 36.4 Å². The van der Waals surface area contributed by atoms with Crippen LogP contribution in [0.15, 0.2) is 24.4 Å². The second kappa shape index (κ2) is 8.72. The average Bonchev–Trinajstić information content (AvgIpc) is 3.28. The van der Waals surface area contributed by atoms with Gasteiger partial charge in [0.2, 0.25) is 5.91 Å².